The van der Waals surface area contributed by atoms with Crippen molar-refractivity contribution in [3.63, 3.8) is 0 Å². The molecule has 0 bridgehead atoms. The number of ether oxygens (including phenoxy) is 1. The fourth-order valence-corrected chi connectivity index (χ4v) is 1.56. The van der Waals surface area contributed by atoms with E-state index in [-0.39, 0.29) is 17.5 Å². The number of hydrogen-bond acceptors (Lipinski definition) is 5. The van der Waals surface area contributed by atoms with E-state index in [1.165, 1.54) is 6.07 Å². The average Bonchev–Trinajstić information content (AvgIpc) is 3.00. The minimum Gasteiger partial charge on any atom is -0.368 e. The molecule has 0 aromatic heterocycles. The summed E-state index contributed by atoms with van der Waals surface area (Å²) in [4.78, 5) is 20.1. The van der Waals surface area contributed by atoms with Crippen molar-refractivity contribution in [2.45, 2.75) is 13.0 Å². The molecular weight excluding hydrogens is 216 g/mol. The molecule has 0 saturated carbocycles. The molecule has 1 saturated heterocycles. The van der Waals surface area contributed by atoms with E-state index in [0.29, 0.717) is 17.7 Å². The van der Waals surface area contributed by atoms with Gasteiger partial charge in [0.2, 0.25) is 0 Å². The highest BCUT2D eigenvalue weighted by molar-refractivity contribution is 5.54. The summed E-state index contributed by atoms with van der Waals surface area (Å²) in [6, 6.07) is 2.31. The number of nitro groups is 2. The first-order chi connectivity index (χ1) is 7.50. The van der Waals surface area contributed by atoms with Gasteiger partial charge in [0.15, 0.2) is 0 Å². The van der Waals surface area contributed by atoms with Crippen molar-refractivity contribution in [1.82, 2.24) is 0 Å². The molecule has 1 aliphatic heterocycles. The summed E-state index contributed by atoms with van der Waals surface area (Å²) in [7, 11) is 0. The van der Waals surface area contributed by atoms with Gasteiger partial charge >= 0.3 is 0 Å². The van der Waals surface area contributed by atoms with Gasteiger partial charge in [-0.1, -0.05) is 0 Å². The zero-order valence-corrected chi connectivity index (χ0v) is 8.37. The molecule has 0 radical (unpaired) electrons. The molecule has 1 aromatic rings. The maximum atomic E-state index is 10.7. The zero-order chi connectivity index (χ0) is 11.9. The Balaban J connectivity index is 2.60. The number of rotatable bonds is 3. The van der Waals surface area contributed by atoms with E-state index in [1.807, 2.05) is 0 Å². The van der Waals surface area contributed by atoms with Crippen molar-refractivity contribution in [1.29, 1.82) is 0 Å². The quantitative estimate of drug-likeness (QED) is 0.443. The number of nitrogens with zero attached hydrogens (tertiary/aromatic N) is 2. The van der Waals surface area contributed by atoms with Crippen LogP contribution in [0.2, 0.25) is 0 Å². The van der Waals surface area contributed by atoms with Crippen molar-refractivity contribution in [3.8, 4) is 0 Å². The number of benzene rings is 1. The fourth-order valence-electron chi connectivity index (χ4n) is 1.56. The predicted molar refractivity (Wildman–Crippen MR) is 53.2 cm³/mol. The van der Waals surface area contributed by atoms with Crippen LogP contribution in [-0.4, -0.2) is 16.5 Å². The molecule has 1 aromatic carbocycles. The molecule has 0 N–H and O–H groups in total. The van der Waals surface area contributed by atoms with Crippen molar-refractivity contribution in [2.24, 2.45) is 0 Å². The molecule has 0 aliphatic carbocycles. The molecule has 1 heterocycles. The highest BCUT2D eigenvalue weighted by Crippen LogP contribution is 2.38. The SMILES string of the molecule is Cc1c([C@H]2CO2)cc([N+](=O)[O-])cc1[N+](=O)[O-]. The Labute approximate surface area is 89.9 Å². The van der Waals surface area contributed by atoms with E-state index < -0.39 is 9.85 Å². The highest BCUT2D eigenvalue weighted by atomic mass is 16.6. The summed E-state index contributed by atoms with van der Waals surface area (Å²) in [5.41, 5.74) is 0.446. The maximum absolute atomic E-state index is 10.7. The smallest absolute Gasteiger partial charge is 0.279 e. The lowest BCUT2D eigenvalue weighted by molar-refractivity contribution is -0.394. The van der Waals surface area contributed by atoms with Crippen LogP contribution in [0.15, 0.2) is 12.1 Å². The lowest BCUT2D eigenvalue weighted by Crippen LogP contribution is -1.99. The van der Waals surface area contributed by atoms with Crippen LogP contribution in [0.25, 0.3) is 0 Å². The van der Waals surface area contributed by atoms with Crippen LogP contribution in [-0.2, 0) is 4.74 Å². The second-order valence-electron chi connectivity index (χ2n) is 3.52. The van der Waals surface area contributed by atoms with Crippen molar-refractivity contribution < 1.29 is 14.6 Å². The molecule has 1 fully saturated rings. The Morgan fingerprint density at radius 2 is 1.94 bits per heavy atom. The molecular formula is C9H8N2O5. The van der Waals surface area contributed by atoms with Crippen LogP contribution in [0.3, 0.4) is 0 Å². The normalized spacial score (nSPS) is 18.2. The highest BCUT2D eigenvalue weighted by Gasteiger charge is 2.32. The van der Waals surface area contributed by atoms with Crippen LogP contribution >= 0.6 is 0 Å². The number of epoxide rings is 1. The molecule has 16 heavy (non-hydrogen) atoms. The monoisotopic (exact) mass is 224 g/mol. The van der Waals surface area contributed by atoms with Crippen LogP contribution in [0.5, 0.6) is 0 Å². The summed E-state index contributed by atoms with van der Waals surface area (Å²) in [5.74, 6) is 0. The predicted octanol–water partition coefficient (Wildman–Crippen LogP) is 1.88. The third-order valence-electron chi connectivity index (χ3n) is 2.49. The second-order valence-corrected chi connectivity index (χ2v) is 3.52. The van der Waals surface area contributed by atoms with Crippen molar-refractivity contribution >= 4 is 11.4 Å². The first kappa shape index (κ1) is 10.5. The summed E-state index contributed by atoms with van der Waals surface area (Å²) in [6.45, 7) is 2.03. The minimum absolute atomic E-state index is 0.236. The Kier molecular flexibility index (Phi) is 2.31. The Morgan fingerprint density at radius 3 is 2.38 bits per heavy atom. The summed E-state index contributed by atoms with van der Waals surface area (Å²) < 4.78 is 5.00. The van der Waals surface area contributed by atoms with Crippen LogP contribution in [0.4, 0.5) is 11.4 Å². The van der Waals surface area contributed by atoms with Gasteiger partial charge in [0, 0.05) is 11.6 Å². The average molecular weight is 224 g/mol. The summed E-state index contributed by atoms with van der Waals surface area (Å²) >= 11 is 0. The van der Waals surface area contributed by atoms with Gasteiger partial charge in [0.25, 0.3) is 11.4 Å². The fraction of sp³-hybridized carbons (Fsp3) is 0.333. The molecule has 0 spiro atoms. The van der Waals surface area contributed by atoms with Gasteiger partial charge in [-0.25, -0.2) is 0 Å². The molecule has 0 amide bonds. The third-order valence-corrected chi connectivity index (χ3v) is 2.49. The van der Waals surface area contributed by atoms with E-state index in [0.717, 1.165) is 6.07 Å². The lowest BCUT2D eigenvalue weighted by Gasteiger charge is -2.03. The minimum atomic E-state index is -0.641. The summed E-state index contributed by atoms with van der Waals surface area (Å²) in [5, 5.41) is 21.4. The van der Waals surface area contributed by atoms with Gasteiger partial charge < -0.3 is 4.74 Å². The summed E-state index contributed by atoms with van der Waals surface area (Å²) in [6.07, 6.45) is -0.237. The van der Waals surface area contributed by atoms with E-state index >= 15 is 0 Å². The van der Waals surface area contributed by atoms with Crippen LogP contribution in [0, 0.1) is 27.2 Å². The molecule has 84 valence electrons. The Bertz CT molecular complexity index is 481. The van der Waals surface area contributed by atoms with Crippen molar-refractivity contribution in [3.05, 3.63) is 43.5 Å². The second kappa shape index (κ2) is 3.53. The standard InChI is InChI=1S/C9H8N2O5/c1-5-7(9-4-16-9)2-6(10(12)13)3-8(5)11(14)15/h2-3,9H,4H2,1H3/t9-/m1/s1. The van der Waals surface area contributed by atoms with E-state index in [4.69, 9.17) is 4.74 Å². The van der Waals surface area contributed by atoms with Gasteiger partial charge in [-0.3, -0.25) is 20.2 Å². The van der Waals surface area contributed by atoms with Gasteiger partial charge in [0.05, 0.1) is 22.5 Å². The first-order valence-corrected chi connectivity index (χ1v) is 4.55. The van der Waals surface area contributed by atoms with E-state index in [2.05, 4.69) is 0 Å². The first-order valence-electron chi connectivity index (χ1n) is 4.55. The van der Waals surface area contributed by atoms with Gasteiger partial charge in [-0.05, 0) is 12.5 Å². The van der Waals surface area contributed by atoms with E-state index in [1.54, 1.807) is 6.92 Å². The molecule has 7 heteroatoms. The number of non-ortho nitro benzene ring substituents is 1. The van der Waals surface area contributed by atoms with Crippen LogP contribution < -0.4 is 0 Å². The maximum Gasteiger partial charge on any atom is 0.279 e. The number of nitro benzene ring substituents is 2. The largest absolute Gasteiger partial charge is 0.368 e. The molecule has 0 unspecified atom stereocenters. The molecule has 2 rings (SSSR count). The van der Waals surface area contributed by atoms with Crippen molar-refractivity contribution in [2.75, 3.05) is 6.61 Å². The molecule has 1 aliphatic rings. The third kappa shape index (κ3) is 1.72. The zero-order valence-electron chi connectivity index (χ0n) is 8.37. The van der Waals surface area contributed by atoms with Crippen LogP contribution in [0.1, 0.15) is 17.2 Å². The Hall–Kier alpha value is -2.02. The van der Waals surface area contributed by atoms with Gasteiger partial charge in [-0.2, -0.15) is 0 Å². The lowest BCUT2D eigenvalue weighted by atomic mass is 10.0. The molecule has 1 atom stereocenters. The Morgan fingerprint density at radius 1 is 1.31 bits per heavy atom. The van der Waals surface area contributed by atoms with Gasteiger partial charge in [0.1, 0.15) is 6.10 Å². The van der Waals surface area contributed by atoms with Gasteiger partial charge in [-0.15, -0.1) is 0 Å². The number of hydrogen-bond donors (Lipinski definition) is 0. The molecule has 7 nitrogen and oxygen atoms in total. The topological polar surface area (TPSA) is 98.8 Å². The van der Waals surface area contributed by atoms with E-state index in [9.17, 15) is 20.2 Å².